The van der Waals surface area contributed by atoms with E-state index < -0.39 is 0 Å². The van der Waals surface area contributed by atoms with Gasteiger partial charge in [-0.15, -0.1) is 0 Å². The zero-order valence-electron chi connectivity index (χ0n) is 17.6. The van der Waals surface area contributed by atoms with Gasteiger partial charge >= 0.3 is 0 Å². The average molecular weight is 579 g/mol. The van der Waals surface area contributed by atoms with E-state index in [4.69, 9.17) is 11.6 Å². The second-order valence-electron chi connectivity index (χ2n) is 7.10. The number of hydrogen-bond donors (Lipinski definition) is 0. The summed E-state index contributed by atoms with van der Waals surface area (Å²) in [4.78, 5) is 16.8. The molecule has 0 aliphatic heterocycles. The van der Waals surface area contributed by atoms with E-state index in [1.54, 1.807) is 46.4 Å². The van der Waals surface area contributed by atoms with Crippen LogP contribution in [-0.4, -0.2) is 39.5 Å². The van der Waals surface area contributed by atoms with E-state index >= 15 is 0 Å². The third kappa shape index (κ3) is 5.10. The summed E-state index contributed by atoms with van der Waals surface area (Å²) in [5, 5.41) is 8.97. The highest BCUT2D eigenvalue weighted by molar-refractivity contribution is 14.1. The predicted octanol–water partition coefficient (Wildman–Crippen LogP) is 5.40. The largest absolute Gasteiger partial charge is 0.262 e. The number of halogens is 2. The second kappa shape index (κ2) is 10.1. The third-order valence-corrected chi connectivity index (χ3v) is 5.56. The van der Waals surface area contributed by atoms with Crippen LogP contribution < -0.4 is 0 Å². The van der Waals surface area contributed by atoms with Gasteiger partial charge in [0.1, 0.15) is 5.15 Å². The lowest BCUT2D eigenvalue weighted by molar-refractivity contribution is 0.874. The minimum absolute atomic E-state index is 0.456. The van der Waals surface area contributed by atoms with Crippen molar-refractivity contribution in [3.8, 4) is 22.5 Å². The molecule has 0 bridgehead atoms. The van der Waals surface area contributed by atoms with Gasteiger partial charge in [0.15, 0.2) is 0 Å². The molecule has 6 heterocycles. The molecule has 0 saturated heterocycles. The van der Waals surface area contributed by atoms with Crippen LogP contribution in [0.15, 0.2) is 98.2 Å². The Hall–Kier alpha value is -3.70. The highest BCUT2D eigenvalue weighted by atomic mass is 127. The van der Waals surface area contributed by atoms with Crippen molar-refractivity contribution in [2.75, 3.05) is 0 Å². The van der Waals surface area contributed by atoms with E-state index in [1.165, 1.54) is 0 Å². The van der Waals surface area contributed by atoms with Crippen LogP contribution in [0.25, 0.3) is 33.5 Å². The molecule has 6 aromatic rings. The third-order valence-electron chi connectivity index (χ3n) is 4.79. The van der Waals surface area contributed by atoms with Gasteiger partial charge < -0.3 is 0 Å². The topological polar surface area (TPSA) is 87.2 Å². The van der Waals surface area contributed by atoms with Crippen molar-refractivity contribution in [2.45, 2.75) is 0 Å². The van der Waals surface area contributed by atoms with E-state index in [9.17, 15) is 0 Å². The van der Waals surface area contributed by atoms with E-state index in [0.29, 0.717) is 5.15 Å². The Morgan fingerprint density at radius 2 is 1.41 bits per heavy atom. The summed E-state index contributed by atoms with van der Waals surface area (Å²) in [5.41, 5.74) is 5.37. The number of pyridine rings is 4. The van der Waals surface area contributed by atoms with Crippen LogP contribution in [0, 0.1) is 3.57 Å². The first kappa shape index (κ1) is 22.1. The molecule has 0 N–H and O–H groups in total. The van der Waals surface area contributed by atoms with E-state index in [2.05, 4.69) is 52.7 Å². The Morgan fingerprint density at radius 3 is 2.06 bits per heavy atom. The molecule has 0 spiro atoms. The molecule has 34 heavy (non-hydrogen) atoms. The lowest BCUT2D eigenvalue weighted by Gasteiger charge is -2.01. The zero-order chi connectivity index (χ0) is 23.3. The fraction of sp³-hybridized carbons (Fsp3) is 0. The zero-order valence-corrected chi connectivity index (χ0v) is 20.5. The number of rotatable bonds is 3. The fourth-order valence-electron chi connectivity index (χ4n) is 3.17. The molecular formula is C24H16ClIN8. The molecular weight excluding hydrogens is 563 g/mol. The maximum absolute atomic E-state index is 5.94. The van der Waals surface area contributed by atoms with E-state index in [-0.39, 0.29) is 0 Å². The maximum atomic E-state index is 5.94. The van der Waals surface area contributed by atoms with Crippen molar-refractivity contribution < 1.29 is 0 Å². The Bertz CT molecular complexity index is 1530. The molecule has 6 aromatic heterocycles. The minimum atomic E-state index is 0.456. The van der Waals surface area contributed by atoms with Gasteiger partial charge in [-0.2, -0.15) is 10.2 Å². The van der Waals surface area contributed by atoms with Gasteiger partial charge in [0.05, 0.1) is 50.8 Å². The van der Waals surface area contributed by atoms with Crippen LogP contribution in [-0.2, 0) is 0 Å². The van der Waals surface area contributed by atoms with Crippen LogP contribution in [0.3, 0.4) is 0 Å². The minimum Gasteiger partial charge on any atom is -0.262 e. The van der Waals surface area contributed by atoms with Crippen molar-refractivity contribution in [2.24, 2.45) is 0 Å². The average Bonchev–Trinajstić information content (AvgIpc) is 3.55. The standard InChI is InChI=1S/C16H10ClN5.C8H6IN3/c17-16-4-3-14-15(21-16)6-11(7-19-14)12-8-20-22(10-12)13-2-1-5-18-9-13;9-7-4-11-12(6-7)8-2-1-3-10-5-8/h1-10H;1-6H. The molecule has 6 rings (SSSR count). The first-order chi connectivity index (χ1) is 16.7. The molecule has 0 atom stereocenters. The van der Waals surface area contributed by atoms with Gasteiger partial charge in [-0.3, -0.25) is 15.0 Å². The lowest BCUT2D eigenvalue weighted by atomic mass is 10.1. The van der Waals surface area contributed by atoms with Crippen molar-refractivity contribution in [1.29, 1.82) is 0 Å². The molecule has 0 amide bonds. The molecule has 0 saturated carbocycles. The van der Waals surface area contributed by atoms with Gasteiger partial charge in [-0.1, -0.05) is 11.6 Å². The number of fused-ring (bicyclic) bond motifs is 1. The Balaban J connectivity index is 0.000000169. The summed E-state index contributed by atoms with van der Waals surface area (Å²) in [6, 6.07) is 13.2. The van der Waals surface area contributed by atoms with Gasteiger partial charge in [-0.05, 0) is 65.1 Å². The van der Waals surface area contributed by atoms with Gasteiger partial charge in [0, 0.05) is 42.1 Å². The summed E-state index contributed by atoms with van der Waals surface area (Å²) < 4.78 is 4.70. The highest BCUT2D eigenvalue weighted by Gasteiger charge is 2.06. The predicted molar refractivity (Wildman–Crippen MR) is 139 cm³/mol. The van der Waals surface area contributed by atoms with Crippen LogP contribution in [0.2, 0.25) is 5.15 Å². The monoisotopic (exact) mass is 578 g/mol. The van der Waals surface area contributed by atoms with Crippen LogP contribution in [0.4, 0.5) is 0 Å². The molecule has 0 radical (unpaired) electrons. The SMILES string of the molecule is Clc1ccc2ncc(-c3cnn(-c4cccnc4)c3)cc2n1.Ic1cnn(-c2cccnc2)c1. The summed E-state index contributed by atoms with van der Waals surface area (Å²) in [7, 11) is 0. The molecule has 0 unspecified atom stereocenters. The molecule has 0 aliphatic carbocycles. The molecule has 8 nitrogen and oxygen atoms in total. The van der Waals surface area contributed by atoms with Crippen LogP contribution in [0.1, 0.15) is 0 Å². The number of aromatic nitrogens is 8. The summed E-state index contributed by atoms with van der Waals surface area (Å²) >= 11 is 8.16. The summed E-state index contributed by atoms with van der Waals surface area (Å²) in [5.74, 6) is 0. The van der Waals surface area contributed by atoms with Crippen molar-refractivity contribution in [3.05, 3.63) is 107 Å². The molecule has 166 valence electrons. The number of hydrogen-bond acceptors (Lipinski definition) is 6. The Kier molecular flexibility index (Phi) is 6.54. The van der Waals surface area contributed by atoms with E-state index in [1.807, 2.05) is 61.2 Å². The fourth-order valence-corrected chi connectivity index (χ4v) is 3.72. The first-order valence-electron chi connectivity index (χ1n) is 10.1. The quantitative estimate of drug-likeness (QED) is 0.206. The van der Waals surface area contributed by atoms with Gasteiger partial charge in [0.25, 0.3) is 0 Å². The van der Waals surface area contributed by atoms with Gasteiger partial charge in [-0.25, -0.2) is 14.3 Å². The lowest BCUT2D eigenvalue weighted by Crippen LogP contribution is -1.93. The number of nitrogens with zero attached hydrogens (tertiary/aromatic N) is 8. The second-order valence-corrected chi connectivity index (χ2v) is 8.73. The van der Waals surface area contributed by atoms with Crippen LogP contribution >= 0.6 is 34.2 Å². The van der Waals surface area contributed by atoms with Crippen molar-refractivity contribution in [3.63, 3.8) is 0 Å². The van der Waals surface area contributed by atoms with E-state index in [0.717, 1.165) is 37.1 Å². The molecule has 0 fully saturated rings. The molecule has 10 heteroatoms. The first-order valence-corrected chi connectivity index (χ1v) is 11.6. The molecule has 0 aliphatic rings. The Morgan fingerprint density at radius 1 is 0.706 bits per heavy atom. The normalized spacial score (nSPS) is 10.6. The Labute approximate surface area is 213 Å². The van der Waals surface area contributed by atoms with Crippen molar-refractivity contribution in [1.82, 2.24) is 39.5 Å². The summed E-state index contributed by atoms with van der Waals surface area (Å²) in [6.07, 6.45) is 16.3. The van der Waals surface area contributed by atoms with Crippen LogP contribution in [0.5, 0.6) is 0 Å². The molecule has 0 aromatic carbocycles. The maximum Gasteiger partial charge on any atom is 0.129 e. The summed E-state index contributed by atoms with van der Waals surface area (Å²) in [6.45, 7) is 0. The highest BCUT2D eigenvalue weighted by Crippen LogP contribution is 2.23. The smallest absolute Gasteiger partial charge is 0.129 e. The van der Waals surface area contributed by atoms with Gasteiger partial charge in [0.2, 0.25) is 0 Å². The van der Waals surface area contributed by atoms with Crippen molar-refractivity contribution >= 4 is 45.2 Å².